The van der Waals surface area contributed by atoms with Crippen molar-refractivity contribution in [3.05, 3.63) is 47.0 Å². The number of carbonyl (C=O) groups is 1. The van der Waals surface area contributed by atoms with Crippen LogP contribution in [-0.2, 0) is 4.79 Å². The quantitative estimate of drug-likeness (QED) is 0.806. The fourth-order valence-corrected chi connectivity index (χ4v) is 3.62. The molecule has 0 aliphatic carbocycles. The maximum atomic E-state index is 12.2. The lowest BCUT2D eigenvalue weighted by Gasteiger charge is -2.18. The molecule has 3 rings (SSSR count). The van der Waals surface area contributed by atoms with Gasteiger partial charge in [-0.2, -0.15) is 4.99 Å². The molecule has 130 valence electrons. The Balaban J connectivity index is 1.73. The van der Waals surface area contributed by atoms with E-state index in [1.165, 1.54) is 11.8 Å². The number of carbonyl (C=O) groups excluding carboxylic acids is 1. The molecule has 0 fully saturated rings. The molecule has 1 unspecified atom stereocenters. The molecule has 6 heteroatoms. The van der Waals surface area contributed by atoms with Gasteiger partial charge in [-0.15, -0.1) is 0 Å². The van der Waals surface area contributed by atoms with Crippen LogP contribution in [0.2, 0.25) is 0 Å². The summed E-state index contributed by atoms with van der Waals surface area (Å²) in [5.41, 5.74) is 1.86. The molecule has 2 N–H and O–H groups in total. The monoisotopic (exact) mass is 355 g/mol. The van der Waals surface area contributed by atoms with Crippen molar-refractivity contribution in [3.8, 4) is 0 Å². The van der Waals surface area contributed by atoms with Gasteiger partial charge in [-0.3, -0.25) is 9.78 Å². The average Bonchev–Trinajstić information content (AvgIpc) is 2.93. The molecule has 0 bridgehead atoms. The highest BCUT2D eigenvalue weighted by Crippen LogP contribution is 2.28. The SMILES string of the molecule is CC(C)CC(CO)NC1=NC(=O)/C(=C/c2ccc3ncccc3c2)S1. The van der Waals surface area contributed by atoms with Gasteiger partial charge in [0.2, 0.25) is 0 Å². The molecule has 1 atom stereocenters. The zero-order valence-electron chi connectivity index (χ0n) is 14.3. The van der Waals surface area contributed by atoms with Gasteiger partial charge in [0.1, 0.15) is 0 Å². The Kier molecular flexibility index (Phi) is 5.50. The number of fused-ring (bicyclic) bond motifs is 1. The predicted molar refractivity (Wildman–Crippen MR) is 103 cm³/mol. The Morgan fingerprint density at radius 3 is 2.92 bits per heavy atom. The second kappa shape index (κ2) is 7.80. The van der Waals surface area contributed by atoms with Crippen molar-refractivity contribution < 1.29 is 9.90 Å². The second-order valence-electron chi connectivity index (χ2n) is 6.44. The van der Waals surface area contributed by atoms with Gasteiger partial charge in [0.15, 0.2) is 5.17 Å². The lowest BCUT2D eigenvalue weighted by Crippen LogP contribution is -2.36. The summed E-state index contributed by atoms with van der Waals surface area (Å²) in [6.07, 6.45) is 4.42. The zero-order valence-corrected chi connectivity index (χ0v) is 15.1. The fourth-order valence-electron chi connectivity index (χ4n) is 2.73. The number of aliphatic imine (C=N–C) groups is 1. The molecule has 1 aromatic heterocycles. The van der Waals surface area contributed by atoms with E-state index < -0.39 is 0 Å². The van der Waals surface area contributed by atoms with Gasteiger partial charge in [0.05, 0.1) is 23.1 Å². The molecular formula is C19H21N3O2S. The van der Waals surface area contributed by atoms with E-state index in [4.69, 9.17) is 0 Å². The van der Waals surface area contributed by atoms with E-state index in [0.29, 0.717) is 16.0 Å². The number of pyridine rings is 1. The molecule has 5 nitrogen and oxygen atoms in total. The number of rotatable bonds is 5. The number of aliphatic hydroxyl groups excluding tert-OH is 1. The van der Waals surface area contributed by atoms with Crippen LogP contribution in [0.15, 0.2) is 46.4 Å². The van der Waals surface area contributed by atoms with Crippen LogP contribution in [0.4, 0.5) is 0 Å². The van der Waals surface area contributed by atoms with Gasteiger partial charge >= 0.3 is 0 Å². The van der Waals surface area contributed by atoms with Crippen LogP contribution in [0.1, 0.15) is 25.8 Å². The number of amidine groups is 1. The molecule has 0 saturated heterocycles. The summed E-state index contributed by atoms with van der Waals surface area (Å²) in [7, 11) is 0. The van der Waals surface area contributed by atoms with E-state index in [0.717, 1.165) is 22.9 Å². The normalized spacial score (nSPS) is 17.4. The zero-order chi connectivity index (χ0) is 17.8. The third kappa shape index (κ3) is 4.46. The summed E-state index contributed by atoms with van der Waals surface area (Å²) in [5.74, 6) is 0.202. The molecule has 0 radical (unpaired) electrons. The summed E-state index contributed by atoms with van der Waals surface area (Å²) in [4.78, 5) is 21.1. The van der Waals surface area contributed by atoms with Crippen molar-refractivity contribution in [1.29, 1.82) is 0 Å². The first kappa shape index (κ1) is 17.6. The number of nitrogens with one attached hydrogen (secondary N) is 1. The van der Waals surface area contributed by atoms with Gasteiger partial charge in [-0.1, -0.05) is 26.0 Å². The highest BCUT2D eigenvalue weighted by atomic mass is 32.2. The highest BCUT2D eigenvalue weighted by Gasteiger charge is 2.24. The number of aromatic nitrogens is 1. The van der Waals surface area contributed by atoms with Gasteiger partial charge in [-0.05, 0) is 53.9 Å². The summed E-state index contributed by atoms with van der Waals surface area (Å²) < 4.78 is 0. The largest absolute Gasteiger partial charge is 0.394 e. The number of hydrogen-bond acceptors (Lipinski definition) is 5. The maximum Gasteiger partial charge on any atom is 0.286 e. The standard InChI is InChI=1S/C19H21N3O2S/c1-12(2)8-15(11-23)21-19-22-18(24)17(25-19)10-13-5-6-16-14(9-13)4-3-7-20-16/h3-7,9-10,12,15,23H,8,11H2,1-2H3,(H,21,22,24)/b17-10-. The lowest BCUT2D eigenvalue weighted by atomic mass is 10.1. The van der Waals surface area contributed by atoms with E-state index in [1.807, 2.05) is 36.4 Å². The lowest BCUT2D eigenvalue weighted by molar-refractivity contribution is -0.113. The first-order valence-electron chi connectivity index (χ1n) is 8.30. The van der Waals surface area contributed by atoms with Crippen molar-refractivity contribution in [2.24, 2.45) is 10.9 Å². The van der Waals surface area contributed by atoms with Crippen molar-refractivity contribution in [3.63, 3.8) is 0 Å². The minimum atomic E-state index is -0.250. The van der Waals surface area contributed by atoms with Crippen LogP contribution in [0.5, 0.6) is 0 Å². The van der Waals surface area contributed by atoms with Crippen molar-refractivity contribution >= 4 is 39.8 Å². The minimum Gasteiger partial charge on any atom is -0.394 e. The molecule has 25 heavy (non-hydrogen) atoms. The van der Waals surface area contributed by atoms with Crippen molar-refractivity contribution in [1.82, 2.24) is 10.3 Å². The summed E-state index contributed by atoms with van der Waals surface area (Å²) in [6, 6.07) is 9.68. The number of thioether (sulfide) groups is 1. The van der Waals surface area contributed by atoms with Crippen LogP contribution in [0.25, 0.3) is 17.0 Å². The Hall–Kier alpha value is -2.18. The van der Waals surface area contributed by atoms with Gasteiger partial charge < -0.3 is 10.4 Å². The van der Waals surface area contributed by atoms with E-state index in [1.54, 1.807) is 6.20 Å². The summed E-state index contributed by atoms with van der Waals surface area (Å²) in [5, 5.41) is 14.2. The van der Waals surface area contributed by atoms with Gasteiger partial charge in [0.25, 0.3) is 5.91 Å². The molecule has 1 aliphatic rings. The molecule has 2 heterocycles. The molecular weight excluding hydrogens is 334 g/mol. The first-order valence-corrected chi connectivity index (χ1v) is 9.11. The first-order chi connectivity index (χ1) is 12.0. The summed E-state index contributed by atoms with van der Waals surface area (Å²) >= 11 is 1.31. The Labute approximate surface area is 151 Å². The van der Waals surface area contributed by atoms with E-state index in [-0.39, 0.29) is 18.6 Å². The predicted octanol–water partition coefficient (Wildman–Crippen LogP) is 3.20. The average molecular weight is 355 g/mol. The Bertz CT molecular complexity index is 845. The van der Waals surface area contributed by atoms with Crippen LogP contribution < -0.4 is 5.32 Å². The molecule has 1 aromatic carbocycles. The van der Waals surface area contributed by atoms with Crippen LogP contribution >= 0.6 is 11.8 Å². The van der Waals surface area contributed by atoms with Gasteiger partial charge in [-0.25, -0.2) is 0 Å². The molecule has 1 aliphatic heterocycles. The molecule has 1 amide bonds. The van der Waals surface area contributed by atoms with Crippen molar-refractivity contribution in [2.45, 2.75) is 26.3 Å². The third-order valence-electron chi connectivity index (χ3n) is 3.85. The number of amides is 1. The summed E-state index contributed by atoms with van der Waals surface area (Å²) in [6.45, 7) is 4.21. The van der Waals surface area contributed by atoms with Gasteiger partial charge in [0, 0.05) is 11.6 Å². The number of nitrogens with zero attached hydrogens (tertiary/aromatic N) is 2. The van der Waals surface area contributed by atoms with Crippen LogP contribution in [0.3, 0.4) is 0 Å². The Morgan fingerprint density at radius 1 is 1.32 bits per heavy atom. The maximum absolute atomic E-state index is 12.2. The van der Waals surface area contributed by atoms with E-state index >= 15 is 0 Å². The van der Waals surface area contributed by atoms with Crippen molar-refractivity contribution in [2.75, 3.05) is 6.61 Å². The van der Waals surface area contributed by atoms with E-state index in [2.05, 4.69) is 29.1 Å². The van der Waals surface area contributed by atoms with Crippen LogP contribution in [-0.4, -0.2) is 33.8 Å². The Morgan fingerprint density at radius 2 is 2.16 bits per heavy atom. The topological polar surface area (TPSA) is 74.6 Å². The van der Waals surface area contributed by atoms with E-state index in [9.17, 15) is 9.90 Å². The third-order valence-corrected chi connectivity index (χ3v) is 4.76. The fraction of sp³-hybridized carbons (Fsp3) is 0.316. The number of benzene rings is 1. The smallest absolute Gasteiger partial charge is 0.286 e. The highest BCUT2D eigenvalue weighted by molar-refractivity contribution is 8.18. The molecule has 2 aromatic rings. The number of hydrogen-bond donors (Lipinski definition) is 2. The second-order valence-corrected chi connectivity index (χ2v) is 7.47. The van der Waals surface area contributed by atoms with Crippen LogP contribution in [0, 0.1) is 5.92 Å². The molecule has 0 saturated carbocycles. The number of aliphatic hydroxyl groups is 1. The minimum absolute atomic E-state index is 0.0165. The molecule has 0 spiro atoms.